The third-order valence-corrected chi connectivity index (χ3v) is 6.14. The fourth-order valence-electron chi connectivity index (χ4n) is 3.93. The molecule has 1 aromatic heterocycles. The second-order valence-corrected chi connectivity index (χ2v) is 10.3. The Labute approximate surface area is 222 Å². The van der Waals surface area contributed by atoms with Crippen molar-refractivity contribution in [1.29, 1.82) is 0 Å². The summed E-state index contributed by atoms with van der Waals surface area (Å²) in [6.45, 7) is 5.27. The smallest absolute Gasteiger partial charge is 0.321 e. The van der Waals surface area contributed by atoms with Gasteiger partial charge in [0.15, 0.2) is 5.78 Å². The lowest BCUT2D eigenvalue weighted by Gasteiger charge is -2.28. The molecule has 3 amide bonds. The maximum absolute atomic E-state index is 13.9. The van der Waals surface area contributed by atoms with E-state index in [0.29, 0.717) is 28.3 Å². The van der Waals surface area contributed by atoms with Crippen LogP contribution in [0.1, 0.15) is 32.0 Å². The van der Waals surface area contributed by atoms with Crippen molar-refractivity contribution in [2.75, 3.05) is 35.8 Å². The molecule has 1 unspecified atom stereocenters. The van der Waals surface area contributed by atoms with Gasteiger partial charge < -0.3 is 20.4 Å². The molecule has 9 heteroatoms. The maximum atomic E-state index is 13.9. The summed E-state index contributed by atoms with van der Waals surface area (Å²) >= 11 is 0. The van der Waals surface area contributed by atoms with Gasteiger partial charge in [-0.25, -0.2) is 9.79 Å². The highest BCUT2D eigenvalue weighted by Crippen LogP contribution is 2.29. The molecule has 4 rings (SSSR count). The average molecular weight is 513 g/mol. The van der Waals surface area contributed by atoms with E-state index in [1.165, 1.54) is 4.90 Å². The van der Waals surface area contributed by atoms with Crippen molar-refractivity contribution in [3.63, 3.8) is 0 Å². The lowest BCUT2D eigenvalue weighted by molar-refractivity contribution is -0.127. The van der Waals surface area contributed by atoms with Gasteiger partial charge in [0.05, 0.1) is 23.6 Å². The van der Waals surface area contributed by atoms with Crippen molar-refractivity contribution in [2.45, 2.75) is 26.9 Å². The van der Waals surface area contributed by atoms with E-state index in [-0.39, 0.29) is 12.3 Å². The summed E-state index contributed by atoms with van der Waals surface area (Å²) in [5.41, 5.74) is 2.97. The Hall–Kier alpha value is -4.53. The van der Waals surface area contributed by atoms with Crippen LogP contribution in [0, 0.1) is 5.41 Å². The molecule has 1 atom stereocenters. The molecule has 196 valence electrons. The number of benzene rings is 2. The number of aromatic nitrogens is 1. The number of amides is 3. The number of hydrogen-bond donors (Lipinski definition) is 2. The van der Waals surface area contributed by atoms with Crippen LogP contribution in [0.4, 0.5) is 21.9 Å². The fourth-order valence-corrected chi connectivity index (χ4v) is 3.93. The van der Waals surface area contributed by atoms with Gasteiger partial charge in [-0.05, 0) is 36.4 Å². The number of ketones is 1. The number of hydrogen-bond acceptors (Lipinski definition) is 6. The SMILES string of the molecule is CN(C)c1cccc(NC(=O)NC2N=C(c3ccccn3)c3ccccc3N(CC(=O)C(C)(C)C)C2=O)c1. The van der Waals surface area contributed by atoms with Gasteiger partial charge in [-0.2, -0.15) is 0 Å². The second-order valence-electron chi connectivity index (χ2n) is 10.3. The Morgan fingerprint density at radius 3 is 2.42 bits per heavy atom. The van der Waals surface area contributed by atoms with Crippen molar-refractivity contribution in [2.24, 2.45) is 10.4 Å². The quantitative estimate of drug-likeness (QED) is 0.517. The maximum Gasteiger partial charge on any atom is 0.321 e. The van der Waals surface area contributed by atoms with E-state index in [0.717, 1.165) is 5.69 Å². The zero-order valence-corrected chi connectivity index (χ0v) is 22.2. The number of pyridine rings is 1. The van der Waals surface area contributed by atoms with E-state index in [9.17, 15) is 14.4 Å². The summed E-state index contributed by atoms with van der Waals surface area (Å²) in [5, 5.41) is 5.48. The van der Waals surface area contributed by atoms with Crippen molar-refractivity contribution < 1.29 is 14.4 Å². The van der Waals surface area contributed by atoms with Crippen LogP contribution in [0.2, 0.25) is 0 Å². The van der Waals surface area contributed by atoms with Crippen LogP contribution in [-0.2, 0) is 9.59 Å². The Morgan fingerprint density at radius 2 is 1.74 bits per heavy atom. The molecule has 0 saturated carbocycles. The topological polar surface area (TPSA) is 107 Å². The zero-order valence-electron chi connectivity index (χ0n) is 22.2. The van der Waals surface area contributed by atoms with Crippen LogP contribution < -0.4 is 20.4 Å². The predicted molar refractivity (Wildman–Crippen MR) is 150 cm³/mol. The minimum Gasteiger partial charge on any atom is -0.378 e. The molecule has 0 bridgehead atoms. The van der Waals surface area contributed by atoms with Gasteiger partial charge in [0.2, 0.25) is 6.17 Å². The van der Waals surface area contributed by atoms with Gasteiger partial charge in [0.25, 0.3) is 5.91 Å². The molecule has 2 aromatic carbocycles. The van der Waals surface area contributed by atoms with Crippen LogP contribution in [0.25, 0.3) is 0 Å². The van der Waals surface area contributed by atoms with Crippen LogP contribution in [0.15, 0.2) is 77.9 Å². The molecule has 0 aliphatic carbocycles. The Morgan fingerprint density at radius 1 is 1.00 bits per heavy atom. The number of nitrogens with one attached hydrogen (secondary N) is 2. The van der Waals surface area contributed by atoms with Crippen LogP contribution in [0.3, 0.4) is 0 Å². The number of carbonyl (C=O) groups excluding carboxylic acids is 3. The molecule has 0 saturated heterocycles. The normalized spacial score (nSPS) is 15.2. The average Bonchev–Trinajstić information content (AvgIpc) is 2.99. The number of Topliss-reactive ketones (excluding diaryl/α,β-unsaturated/α-hetero) is 1. The summed E-state index contributed by atoms with van der Waals surface area (Å²) in [6.07, 6.45) is 0.352. The monoisotopic (exact) mass is 512 g/mol. The van der Waals surface area contributed by atoms with Crippen molar-refractivity contribution in [1.82, 2.24) is 10.3 Å². The van der Waals surface area contributed by atoms with Gasteiger partial charge in [-0.3, -0.25) is 14.6 Å². The standard InChI is InChI=1S/C29H32N6O3/c1-29(2,3)24(36)18-35-23-15-7-6-13-21(23)25(22-14-8-9-16-30-22)32-26(27(35)37)33-28(38)31-19-11-10-12-20(17-19)34(4)5/h6-17,26H,18H2,1-5H3,(H2,31,33,38). The Balaban J connectivity index is 1.73. The van der Waals surface area contributed by atoms with E-state index >= 15 is 0 Å². The first-order valence-corrected chi connectivity index (χ1v) is 12.3. The molecule has 3 aromatic rings. The number of fused-ring (bicyclic) bond motifs is 1. The van der Waals surface area contributed by atoms with E-state index in [4.69, 9.17) is 0 Å². The Kier molecular flexibility index (Phi) is 7.57. The second kappa shape index (κ2) is 10.8. The molecule has 2 N–H and O–H groups in total. The Bertz CT molecular complexity index is 1380. The van der Waals surface area contributed by atoms with Crippen molar-refractivity contribution in [3.05, 3.63) is 84.2 Å². The number of para-hydroxylation sites is 1. The number of urea groups is 1. The summed E-state index contributed by atoms with van der Waals surface area (Å²) in [6, 6.07) is 19.4. The van der Waals surface area contributed by atoms with Gasteiger partial charge in [-0.1, -0.05) is 51.1 Å². The highest BCUT2D eigenvalue weighted by Gasteiger charge is 2.36. The number of benzodiazepines with no additional fused rings is 1. The first-order valence-electron chi connectivity index (χ1n) is 12.3. The molecule has 9 nitrogen and oxygen atoms in total. The van der Waals surface area contributed by atoms with E-state index in [1.54, 1.807) is 36.5 Å². The molecule has 2 heterocycles. The highest BCUT2D eigenvalue weighted by molar-refractivity contribution is 6.20. The predicted octanol–water partition coefficient (Wildman–Crippen LogP) is 4.09. The van der Waals surface area contributed by atoms with E-state index < -0.39 is 23.5 Å². The van der Waals surface area contributed by atoms with Gasteiger partial charge in [0, 0.05) is 42.6 Å². The van der Waals surface area contributed by atoms with Crippen molar-refractivity contribution >= 4 is 40.5 Å². The number of rotatable bonds is 6. The van der Waals surface area contributed by atoms with Gasteiger partial charge in [0.1, 0.15) is 0 Å². The van der Waals surface area contributed by atoms with E-state index in [1.807, 2.05) is 76.2 Å². The third-order valence-electron chi connectivity index (χ3n) is 6.14. The summed E-state index contributed by atoms with van der Waals surface area (Å²) < 4.78 is 0. The van der Waals surface area contributed by atoms with Crippen LogP contribution >= 0.6 is 0 Å². The molecule has 0 fully saturated rings. The van der Waals surface area contributed by atoms with Crippen molar-refractivity contribution in [3.8, 4) is 0 Å². The first-order chi connectivity index (χ1) is 18.0. The minimum absolute atomic E-state index is 0.120. The molecule has 1 aliphatic rings. The summed E-state index contributed by atoms with van der Waals surface area (Å²) in [7, 11) is 3.81. The number of anilines is 3. The minimum atomic E-state index is -1.29. The number of aliphatic imine (C=N–C) groups is 1. The van der Waals surface area contributed by atoms with Crippen LogP contribution in [-0.4, -0.2) is 55.2 Å². The molecular formula is C29H32N6O3. The fraction of sp³-hybridized carbons (Fsp3) is 0.276. The number of nitrogens with zero attached hydrogens (tertiary/aromatic N) is 4. The first kappa shape index (κ1) is 26.5. The summed E-state index contributed by atoms with van der Waals surface area (Å²) in [5.74, 6) is -0.635. The number of carbonyl (C=O) groups is 3. The summed E-state index contributed by atoms with van der Waals surface area (Å²) in [4.78, 5) is 52.5. The van der Waals surface area contributed by atoms with Crippen LogP contribution in [0.5, 0.6) is 0 Å². The molecule has 1 aliphatic heterocycles. The molecule has 0 radical (unpaired) electrons. The molecular weight excluding hydrogens is 480 g/mol. The van der Waals surface area contributed by atoms with Gasteiger partial charge >= 0.3 is 6.03 Å². The van der Waals surface area contributed by atoms with E-state index in [2.05, 4.69) is 20.6 Å². The largest absolute Gasteiger partial charge is 0.378 e. The zero-order chi connectivity index (χ0) is 27.4. The third kappa shape index (κ3) is 5.88. The highest BCUT2D eigenvalue weighted by atomic mass is 16.2. The molecule has 38 heavy (non-hydrogen) atoms. The lowest BCUT2D eigenvalue weighted by Crippen LogP contribution is -2.50. The lowest BCUT2D eigenvalue weighted by atomic mass is 9.90. The van der Waals surface area contributed by atoms with Gasteiger partial charge in [-0.15, -0.1) is 0 Å². The molecule has 0 spiro atoms.